The number of thiazole rings is 1. The van der Waals surface area contributed by atoms with Gasteiger partial charge in [0.1, 0.15) is 5.69 Å². The number of nitrogens with zero attached hydrogens (tertiary/aromatic N) is 1. The SMILES string of the molecule is CCOC(=O)c1nc(C(=O)NCC2CCOC2C)cs1. The van der Waals surface area contributed by atoms with Crippen molar-refractivity contribution in [2.24, 2.45) is 5.92 Å². The van der Waals surface area contributed by atoms with Crippen LogP contribution in [0.15, 0.2) is 5.38 Å². The van der Waals surface area contributed by atoms with Crippen LogP contribution in [0.2, 0.25) is 0 Å². The number of amides is 1. The van der Waals surface area contributed by atoms with Gasteiger partial charge in [-0.2, -0.15) is 0 Å². The van der Waals surface area contributed by atoms with Crippen LogP contribution in [-0.4, -0.2) is 42.7 Å². The normalized spacial score (nSPS) is 21.7. The molecule has 0 radical (unpaired) electrons. The molecule has 0 spiro atoms. The first-order valence-electron chi connectivity index (χ1n) is 6.64. The lowest BCUT2D eigenvalue weighted by atomic mass is 10.0. The number of rotatable bonds is 5. The van der Waals surface area contributed by atoms with Crippen LogP contribution in [-0.2, 0) is 9.47 Å². The minimum atomic E-state index is -0.491. The highest BCUT2D eigenvalue weighted by Gasteiger charge is 2.25. The Bertz CT molecular complexity index is 488. The maximum atomic E-state index is 11.9. The Morgan fingerprint density at radius 3 is 3.05 bits per heavy atom. The van der Waals surface area contributed by atoms with Crippen LogP contribution in [0.4, 0.5) is 0 Å². The van der Waals surface area contributed by atoms with Gasteiger partial charge in [0.05, 0.1) is 12.7 Å². The second-order valence-electron chi connectivity index (χ2n) is 4.59. The van der Waals surface area contributed by atoms with Crippen LogP contribution in [0.3, 0.4) is 0 Å². The Hall–Kier alpha value is -1.47. The molecule has 1 aliphatic heterocycles. The minimum absolute atomic E-state index is 0.167. The molecule has 1 aliphatic rings. The average Bonchev–Trinajstić information content (AvgIpc) is 3.05. The number of hydrogen-bond donors (Lipinski definition) is 1. The van der Waals surface area contributed by atoms with Gasteiger partial charge in [-0.1, -0.05) is 0 Å². The van der Waals surface area contributed by atoms with Crippen molar-refractivity contribution in [1.82, 2.24) is 10.3 Å². The molecular formula is C13H18N2O4S. The molecule has 6 nitrogen and oxygen atoms in total. The van der Waals surface area contributed by atoms with Gasteiger partial charge in [-0.3, -0.25) is 4.79 Å². The summed E-state index contributed by atoms with van der Waals surface area (Å²) in [6.07, 6.45) is 1.12. The molecule has 0 saturated carbocycles. The number of hydrogen-bond acceptors (Lipinski definition) is 6. The zero-order valence-electron chi connectivity index (χ0n) is 11.5. The standard InChI is InChI=1S/C13H18N2O4S/c1-3-18-13(17)12-15-10(7-20-12)11(16)14-6-9-4-5-19-8(9)2/h7-9H,3-6H2,1-2H3,(H,14,16). The van der Waals surface area contributed by atoms with Crippen LogP contribution in [0, 0.1) is 5.92 Å². The molecule has 2 atom stereocenters. The van der Waals surface area contributed by atoms with Gasteiger partial charge in [0.2, 0.25) is 5.01 Å². The number of carbonyl (C=O) groups excluding carboxylic acids is 2. The van der Waals surface area contributed by atoms with Gasteiger partial charge in [-0.15, -0.1) is 11.3 Å². The smallest absolute Gasteiger partial charge is 0.367 e. The van der Waals surface area contributed by atoms with E-state index in [1.54, 1.807) is 12.3 Å². The molecule has 2 heterocycles. The zero-order chi connectivity index (χ0) is 14.5. The monoisotopic (exact) mass is 298 g/mol. The predicted molar refractivity (Wildman–Crippen MR) is 73.9 cm³/mol. The van der Waals surface area contributed by atoms with Crippen molar-refractivity contribution in [1.29, 1.82) is 0 Å². The van der Waals surface area contributed by atoms with Gasteiger partial charge in [0.25, 0.3) is 5.91 Å². The van der Waals surface area contributed by atoms with E-state index in [1.165, 1.54) is 0 Å². The fourth-order valence-electron chi connectivity index (χ4n) is 2.02. The van der Waals surface area contributed by atoms with E-state index in [0.717, 1.165) is 24.4 Å². The molecule has 0 aromatic carbocycles. The third-order valence-electron chi connectivity index (χ3n) is 3.24. The Balaban J connectivity index is 1.88. The maximum Gasteiger partial charge on any atom is 0.367 e. The highest BCUT2D eigenvalue weighted by atomic mass is 32.1. The predicted octanol–water partition coefficient (Wildman–Crippen LogP) is 1.47. The molecule has 1 aromatic heterocycles. The molecule has 110 valence electrons. The third-order valence-corrected chi connectivity index (χ3v) is 4.07. The number of carbonyl (C=O) groups is 2. The lowest BCUT2D eigenvalue weighted by molar-refractivity contribution is 0.0526. The van der Waals surface area contributed by atoms with Gasteiger partial charge in [-0.25, -0.2) is 9.78 Å². The van der Waals surface area contributed by atoms with Crippen molar-refractivity contribution in [3.05, 3.63) is 16.1 Å². The molecule has 2 unspecified atom stereocenters. The van der Waals surface area contributed by atoms with Gasteiger partial charge in [0.15, 0.2) is 0 Å². The number of nitrogens with one attached hydrogen (secondary N) is 1. The Morgan fingerprint density at radius 2 is 2.40 bits per heavy atom. The first-order chi connectivity index (χ1) is 9.61. The highest BCUT2D eigenvalue weighted by molar-refractivity contribution is 7.11. The Kier molecular flexibility index (Phi) is 5.08. The summed E-state index contributed by atoms with van der Waals surface area (Å²) in [5, 5.41) is 4.60. The summed E-state index contributed by atoms with van der Waals surface area (Å²) >= 11 is 1.11. The molecular weight excluding hydrogens is 280 g/mol. The second-order valence-corrected chi connectivity index (χ2v) is 5.45. The zero-order valence-corrected chi connectivity index (χ0v) is 12.4. The van der Waals surface area contributed by atoms with Crippen LogP contribution in [0.25, 0.3) is 0 Å². The minimum Gasteiger partial charge on any atom is -0.461 e. The van der Waals surface area contributed by atoms with Gasteiger partial charge >= 0.3 is 5.97 Å². The van der Waals surface area contributed by atoms with Crippen molar-refractivity contribution < 1.29 is 19.1 Å². The fraction of sp³-hybridized carbons (Fsp3) is 0.615. The van der Waals surface area contributed by atoms with Crippen molar-refractivity contribution in [3.8, 4) is 0 Å². The molecule has 1 fully saturated rings. The molecule has 1 N–H and O–H groups in total. The molecule has 0 aliphatic carbocycles. The molecule has 1 aromatic rings. The van der Waals surface area contributed by atoms with E-state index in [0.29, 0.717) is 19.1 Å². The van der Waals surface area contributed by atoms with Crippen molar-refractivity contribution in [2.45, 2.75) is 26.4 Å². The topological polar surface area (TPSA) is 77.5 Å². The van der Waals surface area contributed by atoms with Crippen LogP contribution in [0.5, 0.6) is 0 Å². The molecule has 7 heteroatoms. The summed E-state index contributed by atoms with van der Waals surface area (Å²) in [5.74, 6) is -0.424. The molecule has 1 saturated heterocycles. The summed E-state index contributed by atoms with van der Waals surface area (Å²) in [5.41, 5.74) is 0.254. The molecule has 2 rings (SSSR count). The summed E-state index contributed by atoms with van der Waals surface area (Å²) in [4.78, 5) is 27.4. The summed E-state index contributed by atoms with van der Waals surface area (Å²) in [6, 6.07) is 0. The molecule has 1 amide bonds. The van der Waals surface area contributed by atoms with Gasteiger partial charge in [-0.05, 0) is 20.3 Å². The van der Waals surface area contributed by atoms with Crippen molar-refractivity contribution in [3.63, 3.8) is 0 Å². The van der Waals surface area contributed by atoms with Crippen molar-refractivity contribution in [2.75, 3.05) is 19.8 Å². The third kappa shape index (κ3) is 3.55. The first kappa shape index (κ1) is 14.9. The fourth-order valence-corrected chi connectivity index (χ4v) is 2.71. The van der Waals surface area contributed by atoms with Gasteiger partial charge < -0.3 is 14.8 Å². The molecule has 0 bridgehead atoms. The first-order valence-corrected chi connectivity index (χ1v) is 7.52. The van der Waals surface area contributed by atoms with Crippen LogP contribution >= 0.6 is 11.3 Å². The summed E-state index contributed by atoms with van der Waals surface area (Å²) < 4.78 is 10.3. The van der Waals surface area contributed by atoms with E-state index in [9.17, 15) is 9.59 Å². The van der Waals surface area contributed by atoms with Crippen LogP contribution in [0.1, 0.15) is 40.6 Å². The number of ether oxygens (including phenoxy) is 2. The van der Waals surface area contributed by atoms with Crippen LogP contribution < -0.4 is 5.32 Å². The average molecular weight is 298 g/mol. The number of esters is 1. The van der Waals surface area contributed by atoms with Crippen molar-refractivity contribution >= 4 is 23.2 Å². The second kappa shape index (κ2) is 6.81. The van der Waals surface area contributed by atoms with Gasteiger partial charge in [0, 0.05) is 24.4 Å². The Morgan fingerprint density at radius 1 is 1.60 bits per heavy atom. The maximum absolute atomic E-state index is 11.9. The largest absolute Gasteiger partial charge is 0.461 e. The Labute approximate surface area is 121 Å². The van der Waals surface area contributed by atoms with E-state index >= 15 is 0 Å². The quantitative estimate of drug-likeness (QED) is 0.833. The summed E-state index contributed by atoms with van der Waals surface area (Å²) in [6.45, 7) is 5.33. The van der Waals surface area contributed by atoms with E-state index in [2.05, 4.69) is 10.3 Å². The molecule has 20 heavy (non-hydrogen) atoms. The van der Waals surface area contributed by atoms with E-state index in [-0.39, 0.29) is 22.7 Å². The summed E-state index contributed by atoms with van der Waals surface area (Å²) in [7, 11) is 0. The lowest BCUT2D eigenvalue weighted by Crippen LogP contribution is -2.32. The highest BCUT2D eigenvalue weighted by Crippen LogP contribution is 2.19. The van der Waals surface area contributed by atoms with E-state index in [1.807, 2.05) is 6.92 Å². The number of aromatic nitrogens is 1. The lowest BCUT2D eigenvalue weighted by Gasteiger charge is -2.13. The van der Waals surface area contributed by atoms with E-state index < -0.39 is 5.97 Å². The van der Waals surface area contributed by atoms with E-state index in [4.69, 9.17) is 9.47 Å².